The predicted octanol–water partition coefficient (Wildman–Crippen LogP) is 3.76. The SMILES string of the molecule is CCOC(=O)Sc1nnc(-c2cn(-c3ccccc3)nc2-c2ccccc2)n1N. The average molecular weight is 406 g/mol. The minimum absolute atomic E-state index is 0.241. The standard InChI is InChI=1S/C20H18N6O2S/c1-2-28-20(27)29-19-23-22-18(26(19)21)16-13-25(15-11-7-4-8-12-15)24-17(16)14-9-5-3-6-10-14/h3-13H,2,21H2,1H3. The molecule has 0 unspecified atom stereocenters. The van der Waals surface area contributed by atoms with Gasteiger partial charge in [-0.05, 0) is 19.1 Å². The van der Waals surface area contributed by atoms with Crippen LogP contribution < -0.4 is 5.84 Å². The molecule has 0 saturated heterocycles. The van der Waals surface area contributed by atoms with Crippen molar-refractivity contribution in [1.29, 1.82) is 0 Å². The molecule has 29 heavy (non-hydrogen) atoms. The second kappa shape index (κ2) is 8.19. The van der Waals surface area contributed by atoms with Crippen molar-refractivity contribution in [3.8, 4) is 28.3 Å². The zero-order chi connectivity index (χ0) is 20.2. The third kappa shape index (κ3) is 3.85. The van der Waals surface area contributed by atoms with Gasteiger partial charge in [-0.2, -0.15) is 5.10 Å². The van der Waals surface area contributed by atoms with Crippen LogP contribution in [-0.2, 0) is 4.74 Å². The molecule has 4 aromatic rings. The third-order valence-electron chi connectivity index (χ3n) is 4.12. The quantitative estimate of drug-likeness (QED) is 0.306. The number of carbonyl (C=O) groups excluding carboxylic acids is 1. The predicted molar refractivity (Wildman–Crippen MR) is 111 cm³/mol. The maximum absolute atomic E-state index is 11.8. The highest BCUT2D eigenvalue weighted by atomic mass is 32.2. The Bertz CT molecular complexity index is 1120. The number of nitrogens with zero attached hydrogens (tertiary/aromatic N) is 5. The van der Waals surface area contributed by atoms with Gasteiger partial charge in [-0.3, -0.25) is 0 Å². The summed E-state index contributed by atoms with van der Waals surface area (Å²) in [6.07, 6.45) is 1.85. The molecule has 0 radical (unpaired) electrons. The summed E-state index contributed by atoms with van der Waals surface area (Å²) >= 11 is 0.791. The van der Waals surface area contributed by atoms with E-state index in [-0.39, 0.29) is 11.8 Å². The Kier molecular flexibility index (Phi) is 5.30. The van der Waals surface area contributed by atoms with Crippen LogP contribution in [0.1, 0.15) is 6.92 Å². The molecule has 0 atom stereocenters. The molecule has 8 nitrogen and oxygen atoms in total. The summed E-state index contributed by atoms with van der Waals surface area (Å²) in [4.78, 5) is 11.8. The minimum Gasteiger partial charge on any atom is -0.458 e. The molecule has 4 rings (SSSR count). The molecule has 0 saturated carbocycles. The summed E-state index contributed by atoms with van der Waals surface area (Å²) in [5, 5.41) is 12.7. The van der Waals surface area contributed by atoms with E-state index < -0.39 is 5.30 Å². The van der Waals surface area contributed by atoms with Gasteiger partial charge in [-0.1, -0.05) is 48.5 Å². The van der Waals surface area contributed by atoms with Crippen molar-refractivity contribution in [3.05, 3.63) is 66.9 Å². The molecule has 2 aromatic carbocycles. The molecule has 146 valence electrons. The Labute approximate surface area is 171 Å². The first kappa shape index (κ1) is 18.8. The number of nitrogens with two attached hydrogens (primary N) is 1. The van der Waals surface area contributed by atoms with Crippen molar-refractivity contribution in [2.75, 3.05) is 12.4 Å². The smallest absolute Gasteiger partial charge is 0.375 e. The first-order valence-electron chi connectivity index (χ1n) is 8.93. The van der Waals surface area contributed by atoms with Crippen molar-refractivity contribution in [1.82, 2.24) is 24.7 Å². The number of hydrogen-bond acceptors (Lipinski definition) is 7. The first-order chi connectivity index (χ1) is 14.2. The molecule has 9 heteroatoms. The molecule has 0 aliphatic rings. The summed E-state index contributed by atoms with van der Waals surface area (Å²) in [5.41, 5.74) is 3.23. The van der Waals surface area contributed by atoms with Gasteiger partial charge >= 0.3 is 5.30 Å². The lowest BCUT2D eigenvalue weighted by molar-refractivity contribution is 0.181. The van der Waals surface area contributed by atoms with Crippen LogP contribution in [0.25, 0.3) is 28.3 Å². The number of ether oxygens (including phenoxy) is 1. The van der Waals surface area contributed by atoms with E-state index in [4.69, 9.17) is 15.7 Å². The first-order valence-corrected chi connectivity index (χ1v) is 9.75. The number of aromatic nitrogens is 5. The molecule has 0 fully saturated rings. The van der Waals surface area contributed by atoms with Crippen LogP contribution in [-0.4, -0.2) is 36.6 Å². The lowest BCUT2D eigenvalue weighted by atomic mass is 10.1. The number of carbonyl (C=O) groups is 1. The van der Waals surface area contributed by atoms with E-state index in [9.17, 15) is 4.79 Å². The van der Waals surface area contributed by atoms with Crippen molar-refractivity contribution in [3.63, 3.8) is 0 Å². The Morgan fingerprint density at radius 3 is 2.45 bits per heavy atom. The summed E-state index contributed by atoms with van der Waals surface area (Å²) in [7, 11) is 0. The van der Waals surface area contributed by atoms with E-state index in [1.807, 2.05) is 66.9 Å². The molecule has 0 bridgehead atoms. The van der Waals surface area contributed by atoms with Crippen LogP contribution in [0, 0.1) is 0 Å². The highest BCUT2D eigenvalue weighted by Gasteiger charge is 2.22. The second-order valence-electron chi connectivity index (χ2n) is 6.00. The van der Waals surface area contributed by atoms with Gasteiger partial charge < -0.3 is 10.6 Å². The lowest BCUT2D eigenvalue weighted by Crippen LogP contribution is -2.12. The zero-order valence-electron chi connectivity index (χ0n) is 15.6. The molecule has 0 spiro atoms. The monoisotopic (exact) mass is 406 g/mol. The van der Waals surface area contributed by atoms with Crippen LogP contribution in [0.5, 0.6) is 0 Å². The van der Waals surface area contributed by atoms with E-state index in [1.54, 1.807) is 11.6 Å². The van der Waals surface area contributed by atoms with Crippen LogP contribution in [0.15, 0.2) is 72.0 Å². The van der Waals surface area contributed by atoms with Crippen molar-refractivity contribution < 1.29 is 9.53 Å². The number of hydrogen-bond donors (Lipinski definition) is 1. The zero-order valence-corrected chi connectivity index (χ0v) is 16.4. The molecule has 0 aliphatic heterocycles. The lowest BCUT2D eigenvalue weighted by Gasteiger charge is -2.04. The minimum atomic E-state index is -0.485. The Balaban J connectivity index is 1.80. The largest absolute Gasteiger partial charge is 0.458 e. The molecule has 0 amide bonds. The fourth-order valence-electron chi connectivity index (χ4n) is 2.81. The number of nitrogen functional groups attached to an aromatic ring is 1. The Morgan fingerprint density at radius 2 is 1.76 bits per heavy atom. The number of para-hydroxylation sites is 1. The average Bonchev–Trinajstić information content (AvgIpc) is 3.34. The van der Waals surface area contributed by atoms with Crippen molar-refractivity contribution in [2.45, 2.75) is 12.1 Å². The van der Waals surface area contributed by atoms with Gasteiger partial charge in [-0.15, -0.1) is 10.2 Å². The van der Waals surface area contributed by atoms with Gasteiger partial charge in [0.15, 0.2) is 5.82 Å². The summed E-state index contributed by atoms with van der Waals surface area (Å²) < 4.78 is 7.99. The van der Waals surface area contributed by atoms with Crippen molar-refractivity contribution in [2.24, 2.45) is 0 Å². The second-order valence-corrected chi connectivity index (χ2v) is 6.90. The van der Waals surface area contributed by atoms with E-state index in [0.717, 1.165) is 23.0 Å². The fourth-order valence-corrected chi connectivity index (χ4v) is 3.40. The van der Waals surface area contributed by atoms with Crippen LogP contribution >= 0.6 is 11.8 Å². The van der Waals surface area contributed by atoms with Gasteiger partial charge in [0.1, 0.15) is 5.69 Å². The van der Waals surface area contributed by atoms with Crippen molar-refractivity contribution >= 4 is 17.1 Å². The van der Waals surface area contributed by atoms with Crippen LogP contribution in [0.3, 0.4) is 0 Å². The number of benzene rings is 2. The summed E-state index contributed by atoms with van der Waals surface area (Å²) in [5.74, 6) is 6.60. The normalized spacial score (nSPS) is 10.8. The topological polar surface area (TPSA) is 101 Å². The van der Waals surface area contributed by atoms with E-state index >= 15 is 0 Å². The molecular formula is C20H18N6O2S. The summed E-state index contributed by atoms with van der Waals surface area (Å²) in [6.45, 7) is 2.01. The van der Waals surface area contributed by atoms with Crippen LogP contribution in [0.4, 0.5) is 4.79 Å². The maximum atomic E-state index is 11.8. The number of thioether (sulfide) groups is 1. The summed E-state index contributed by atoms with van der Waals surface area (Å²) in [6, 6.07) is 19.5. The molecule has 0 aliphatic carbocycles. The van der Waals surface area contributed by atoms with E-state index in [0.29, 0.717) is 17.1 Å². The van der Waals surface area contributed by atoms with Gasteiger partial charge in [-0.25, -0.2) is 14.2 Å². The van der Waals surface area contributed by atoms with Gasteiger partial charge in [0.25, 0.3) is 0 Å². The highest BCUT2D eigenvalue weighted by molar-refractivity contribution is 8.13. The molecule has 2 N–H and O–H groups in total. The van der Waals surface area contributed by atoms with Gasteiger partial charge in [0.05, 0.1) is 17.9 Å². The Morgan fingerprint density at radius 1 is 1.07 bits per heavy atom. The highest BCUT2D eigenvalue weighted by Crippen LogP contribution is 2.32. The van der Waals surface area contributed by atoms with Crippen LogP contribution in [0.2, 0.25) is 0 Å². The Hall–Kier alpha value is -3.59. The molecule has 2 heterocycles. The van der Waals surface area contributed by atoms with Gasteiger partial charge in [0, 0.05) is 23.5 Å². The van der Waals surface area contributed by atoms with Gasteiger partial charge in [0.2, 0.25) is 5.16 Å². The molecular weight excluding hydrogens is 388 g/mol. The van der Waals surface area contributed by atoms with E-state index in [1.165, 1.54) is 4.68 Å². The third-order valence-corrected chi connectivity index (χ3v) is 4.87. The number of rotatable bonds is 5. The van der Waals surface area contributed by atoms with E-state index in [2.05, 4.69) is 10.2 Å². The molecule has 2 aromatic heterocycles. The maximum Gasteiger partial charge on any atom is 0.375 e. The fraction of sp³-hybridized carbons (Fsp3) is 0.100.